The molecule has 1 aliphatic carbocycles. The summed E-state index contributed by atoms with van der Waals surface area (Å²) in [6.45, 7) is 6.66. The first-order chi connectivity index (χ1) is 12.7. The maximum absolute atomic E-state index is 12.9. The number of piperazine rings is 1. The molecule has 2 heterocycles. The number of likely N-dealkylation sites (N-methyl/N-ethyl adjacent to an activating group) is 1. The van der Waals surface area contributed by atoms with Crippen LogP contribution in [0.5, 0.6) is 0 Å². The predicted octanol–water partition coefficient (Wildman–Crippen LogP) is 2.17. The van der Waals surface area contributed by atoms with Gasteiger partial charge in [-0.1, -0.05) is 25.3 Å². The van der Waals surface area contributed by atoms with Crippen molar-refractivity contribution >= 4 is 6.03 Å². The first-order valence-electron chi connectivity index (χ1n) is 10.1. The van der Waals surface area contributed by atoms with Gasteiger partial charge in [-0.15, -0.1) is 0 Å². The van der Waals surface area contributed by atoms with Crippen LogP contribution in [0.15, 0.2) is 24.4 Å². The molecule has 26 heavy (non-hydrogen) atoms. The molecular formula is C20H33N5O. The van der Waals surface area contributed by atoms with Gasteiger partial charge in [0.2, 0.25) is 0 Å². The number of amides is 2. The highest BCUT2D eigenvalue weighted by Crippen LogP contribution is 2.23. The van der Waals surface area contributed by atoms with Crippen molar-refractivity contribution in [3.8, 4) is 0 Å². The highest BCUT2D eigenvalue weighted by Gasteiger charge is 2.26. The average molecular weight is 360 g/mol. The third-order valence-corrected chi connectivity index (χ3v) is 5.63. The lowest BCUT2D eigenvalue weighted by atomic mass is 9.94. The van der Waals surface area contributed by atoms with Crippen molar-refractivity contribution in [2.75, 3.05) is 46.3 Å². The molecule has 6 nitrogen and oxygen atoms in total. The summed E-state index contributed by atoms with van der Waals surface area (Å²) in [7, 11) is 2.17. The Bertz CT molecular complexity index is 538. The Morgan fingerprint density at radius 2 is 1.96 bits per heavy atom. The van der Waals surface area contributed by atoms with Gasteiger partial charge in [0.05, 0.1) is 12.2 Å². The van der Waals surface area contributed by atoms with Gasteiger partial charge in [-0.25, -0.2) is 4.79 Å². The molecule has 2 fully saturated rings. The minimum absolute atomic E-state index is 0.0664. The molecule has 1 saturated heterocycles. The zero-order valence-electron chi connectivity index (χ0n) is 16.1. The first-order valence-corrected chi connectivity index (χ1v) is 10.1. The number of urea groups is 1. The SMILES string of the molecule is CN1CCN(CCNC(=O)N(Cc2ccccn2)C2CCCCC2)CC1. The Morgan fingerprint density at radius 3 is 2.65 bits per heavy atom. The minimum Gasteiger partial charge on any atom is -0.337 e. The number of pyridine rings is 1. The van der Waals surface area contributed by atoms with Crippen molar-refractivity contribution < 1.29 is 4.79 Å². The molecule has 1 aromatic heterocycles. The van der Waals surface area contributed by atoms with E-state index in [-0.39, 0.29) is 6.03 Å². The molecule has 0 aromatic carbocycles. The van der Waals surface area contributed by atoms with Gasteiger partial charge in [0.25, 0.3) is 0 Å². The fourth-order valence-corrected chi connectivity index (χ4v) is 3.92. The molecule has 2 aliphatic rings. The highest BCUT2D eigenvalue weighted by molar-refractivity contribution is 5.74. The van der Waals surface area contributed by atoms with E-state index in [2.05, 4.69) is 27.1 Å². The number of aromatic nitrogens is 1. The summed E-state index contributed by atoms with van der Waals surface area (Å²) in [4.78, 5) is 24.1. The fourth-order valence-electron chi connectivity index (χ4n) is 3.92. The Morgan fingerprint density at radius 1 is 1.19 bits per heavy atom. The Kier molecular flexibility index (Phi) is 7.26. The normalized spacial score (nSPS) is 20.0. The number of carbonyl (C=O) groups is 1. The van der Waals surface area contributed by atoms with E-state index in [1.807, 2.05) is 23.1 Å². The van der Waals surface area contributed by atoms with Crippen LogP contribution in [0.4, 0.5) is 4.79 Å². The molecule has 1 saturated carbocycles. The van der Waals surface area contributed by atoms with E-state index in [1.165, 1.54) is 19.3 Å². The fraction of sp³-hybridized carbons (Fsp3) is 0.700. The van der Waals surface area contributed by atoms with Gasteiger partial charge >= 0.3 is 6.03 Å². The molecule has 0 atom stereocenters. The second kappa shape index (κ2) is 9.88. The molecule has 3 rings (SSSR count). The summed E-state index contributed by atoms with van der Waals surface area (Å²) in [6, 6.07) is 6.33. The number of hydrogen-bond donors (Lipinski definition) is 1. The molecule has 0 spiro atoms. The maximum Gasteiger partial charge on any atom is 0.318 e. The molecule has 1 N–H and O–H groups in total. The molecular weight excluding hydrogens is 326 g/mol. The Balaban J connectivity index is 1.52. The van der Waals surface area contributed by atoms with Crippen molar-refractivity contribution in [2.24, 2.45) is 0 Å². The van der Waals surface area contributed by atoms with Crippen LogP contribution in [0.1, 0.15) is 37.8 Å². The van der Waals surface area contributed by atoms with E-state index < -0.39 is 0 Å². The lowest BCUT2D eigenvalue weighted by Gasteiger charge is -2.35. The van der Waals surface area contributed by atoms with Crippen LogP contribution in [-0.2, 0) is 6.54 Å². The number of nitrogens with one attached hydrogen (secondary N) is 1. The van der Waals surface area contributed by atoms with Gasteiger partial charge in [-0.3, -0.25) is 9.88 Å². The number of carbonyl (C=O) groups excluding carboxylic acids is 1. The molecule has 0 bridgehead atoms. The summed E-state index contributed by atoms with van der Waals surface area (Å²) < 4.78 is 0. The molecule has 144 valence electrons. The van der Waals surface area contributed by atoms with E-state index in [4.69, 9.17) is 0 Å². The zero-order valence-corrected chi connectivity index (χ0v) is 16.1. The maximum atomic E-state index is 12.9. The summed E-state index contributed by atoms with van der Waals surface area (Å²) in [5.41, 5.74) is 0.965. The summed E-state index contributed by atoms with van der Waals surface area (Å²) in [5.74, 6) is 0. The third-order valence-electron chi connectivity index (χ3n) is 5.63. The zero-order chi connectivity index (χ0) is 18.2. The molecule has 1 aliphatic heterocycles. The van der Waals surface area contributed by atoms with Gasteiger partial charge in [-0.2, -0.15) is 0 Å². The Hall–Kier alpha value is -1.66. The Labute approximate surface area is 157 Å². The quantitative estimate of drug-likeness (QED) is 0.846. The van der Waals surface area contributed by atoms with Gasteiger partial charge in [-0.05, 0) is 32.0 Å². The lowest BCUT2D eigenvalue weighted by Crippen LogP contribution is -2.50. The highest BCUT2D eigenvalue weighted by atomic mass is 16.2. The molecule has 6 heteroatoms. The average Bonchev–Trinajstić information content (AvgIpc) is 2.69. The summed E-state index contributed by atoms with van der Waals surface area (Å²) in [6.07, 6.45) is 7.76. The third kappa shape index (κ3) is 5.68. The number of rotatable bonds is 6. The second-order valence-electron chi connectivity index (χ2n) is 7.62. The summed E-state index contributed by atoms with van der Waals surface area (Å²) >= 11 is 0. The molecule has 0 radical (unpaired) electrons. The monoisotopic (exact) mass is 359 g/mol. The molecule has 1 aromatic rings. The van der Waals surface area contributed by atoms with Crippen LogP contribution in [-0.4, -0.2) is 78.1 Å². The van der Waals surface area contributed by atoms with Crippen LogP contribution in [0.25, 0.3) is 0 Å². The first kappa shape index (κ1) is 19.1. The van der Waals surface area contributed by atoms with Gasteiger partial charge in [0.1, 0.15) is 0 Å². The van der Waals surface area contributed by atoms with Crippen LogP contribution < -0.4 is 5.32 Å². The lowest BCUT2D eigenvalue weighted by molar-refractivity contribution is 0.140. The standard InChI is InChI=1S/C20H33N5O/c1-23-13-15-24(16-14-23)12-11-22-20(26)25(19-8-3-2-4-9-19)17-18-7-5-6-10-21-18/h5-7,10,19H,2-4,8-9,11-17H2,1H3,(H,22,26). The van der Waals surface area contributed by atoms with Crippen LogP contribution >= 0.6 is 0 Å². The van der Waals surface area contributed by atoms with Gasteiger partial charge < -0.3 is 15.1 Å². The van der Waals surface area contributed by atoms with Crippen LogP contribution in [0, 0.1) is 0 Å². The largest absolute Gasteiger partial charge is 0.337 e. The van der Waals surface area contributed by atoms with E-state index in [9.17, 15) is 4.79 Å². The second-order valence-corrected chi connectivity index (χ2v) is 7.62. The molecule has 2 amide bonds. The van der Waals surface area contributed by atoms with Gasteiger partial charge in [0.15, 0.2) is 0 Å². The van der Waals surface area contributed by atoms with Crippen molar-refractivity contribution in [3.63, 3.8) is 0 Å². The van der Waals surface area contributed by atoms with Crippen LogP contribution in [0.3, 0.4) is 0 Å². The van der Waals surface area contributed by atoms with Crippen molar-refractivity contribution in [2.45, 2.75) is 44.7 Å². The van der Waals surface area contributed by atoms with Crippen molar-refractivity contribution in [1.82, 2.24) is 25.0 Å². The predicted molar refractivity (Wildman–Crippen MR) is 104 cm³/mol. The van der Waals surface area contributed by atoms with Crippen molar-refractivity contribution in [3.05, 3.63) is 30.1 Å². The molecule has 0 unspecified atom stereocenters. The summed E-state index contributed by atoms with van der Waals surface area (Å²) in [5, 5.41) is 3.16. The van der Waals surface area contributed by atoms with E-state index in [0.717, 1.165) is 51.3 Å². The van der Waals surface area contributed by atoms with Crippen LogP contribution in [0.2, 0.25) is 0 Å². The number of nitrogens with zero attached hydrogens (tertiary/aromatic N) is 4. The van der Waals surface area contributed by atoms with Gasteiger partial charge in [0, 0.05) is 51.5 Å². The number of hydrogen-bond acceptors (Lipinski definition) is 4. The smallest absolute Gasteiger partial charge is 0.318 e. The topological polar surface area (TPSA) is 51.7 Å². The van der Waals surface area contributed by atoms with E-state index in [1.54, 1.807) is 6.20 Å². The van der Waals surface area contributed by atoms with E-state index >= 15 is 0 Å². The van der Waals surface area contributed by atoms with Crippen molar-refractivity contribution in [1.29, 1.82) is 0 Å². The van der Waals surface area contributed by atoms with E-state index in [0.29, 0.717) is 19.1 Å². The minimum atomic E-state index is 0.0664.